The highest BCUT2D eigenvalue weighted by atomic mass is 19.4. The van der Waals surface area contributed by atoms with Gasteiger partial charge in [-0.15, -0.1) is 0 Å². The fraction of sp³-hybridized carbons (Fsp3) is 0.812. The maximum absolute atomic E-state index is 12.5. The van der Waals surface area contributed by atoms with Crippen LogP contribution in [0.2, 0.25) is 0 Å². The van der Waals surface area contributed by atoms with Gasteiger partial charge in [-0.2, -0.15) is 13.2 Å². The lowest BCUT2D eigenvalue weighted by Crippen LogP contribution is -2.18. The molecule has 1 saturated carbocycles. The van der Waals surface area contributed by atoms with Crippen LogP contribution in [0.1, 0.15) is 58.3 Å². The molecular formula is C16H25F3O2. The molecule has 0 spiro atoms. The summed E-state index contributed by atoms with van der Waals surface area (Å²) in [6.07, 6.45) is 2.41. The Morgan fingerprint density at radius 1 is 1.29 bits per heavy atom. The lowest BCUT2D eigenvalue weighted by Gasteiger charge is -2.21. The Kier molecular flexibility index (Phi) is 7.26. The number of hydrogen-bond acceptors (Lipinski definition) is 2. The van der Waals surface area contributed by atoms with Crippen LogP contribution in [0.25, 0.3) is 0 Å². The van der Waals surface area contributed by atoms with Crippen molar-refractivity contribution in [3.63, 3.8) is 0 Å². The Labute approximate surface area is 124 Å². The molecule has 0 aliphatic heterocycles. The maximum Gasteiger partial charge on any atom is 0.389 e. The van der Waals surface area contributed by atoms with Crippen LogP contribution in [0.3, 0.4) is 0 Å². The average molecular weight is 306 g/mol. The van der Waals surface area contributed by atoms with Crippen molar-refractivity contribution in [3.05, 3.63) is 11.8 Å². The van der Waals surface area contributed by atoms with E-state index in [9.17, 15) is 18.0 Å². The van der Waals surface area contributed by atoms with Gasteiger partial charge in [0.05, 0.1) is 13.5 Å². The van der Waals surface area contributed by atoms with Gasteiger partial charge in [0, 0.05) is 18.4 Å². The molecule has 0 aromatic rings. The van der Waals surface area contributed by atoms with Crippen LogP contribution >= 0.6 is 0 Å². The van der Waals surface area contributed by atoms with Gasteiger partial charge in [-0.1, -0.05) is 39.0 Å². The number of ketones is 1. The molecule has 0 heterocycles. The summed E-state index contributed by atoms with van der Waals surface area (Å²) < 4.78 is 42.6. The molecule has 1 unspecified atom stereocenters. The molecule has 1 aliphatic rings. The van der Waals surface area contributed by atoms with E-state index >= 15 is 0 Å². The Morgan fingerprint density at radius 3 is 2.38 bits per heavy atom. The standard InChI is InChI=1S/C16H25F3O2/c1-3-13(11-16(17,18)19)15(21-2)10-14(20)9-12-7-5-4-6-8-12/h10,12-13H,3-9,11H2,1-2H3/b15-10-. The average Bonchev–Trinajstić information content (AvgIpc) is 2.42. The van der Waals surface area contributed by atoms with Crippen LogP contribution in [0.15, 0.2) is 11.8 Å². The summed E-state index contributed by atoms with van der Waals surface area (Å²) in [6.45, 7) is 1.68. The molecule has 0 aromatic carbocycles. The zero-order valence-corrected chi connectivity index (χ0v) is 12.8. The Balaban J connectivity index is 2.64. The third-order valence-electron chi connectivity index (χ3n) is 4.13. The lowest BCUT2D eigenvalue weighted by molar-refractivity contribution is -0.144. The number of allylic oxidation sites excluding steroid dienone is 2. The van der Waals surface area contributed by atoms with E-state index in [0.29, 0.717) is 18.8 Å². The first-order valence-corrected chi connectivity index (χ1v) is 7.70. The van der Waals surface area contributed by atoms with Gasteiger partial charge in [0.25, 0.3) is 0 Å². The van der Waals surface area contributed by atoms with E-state index in [1.165, 1.54) is 19.6 Å². The van der Waals surface area contributed by atoms with Gasteiger partial charge in [-0.05, 0) is 12.3 Å². The first kappa shape index (κ1) is 18.1. The number of carbonyl (C=O) groups excluding carboxylic acids is 1. The first-order valence-electron chi connectivity index (χ1n) is 7.70. The van der Waals surface area contributed by atoms with Gasteiger partial charge in [0.2, 0.25) is 0 Å². The minimum Gasteiger partial charge on any atom is -0.501 e. The summed E-state index contributed by atoms with van der Waals surface area (Å²) in [5.41, 5.74) is 0. The predicted octanol–water partition coefficient (Wildman–Crippen LogP) is 5.03. The smallest absolute Gasteiger partial charge is 0.389 e. The van der Waals surface area contributed by atoms with Crippen LogP contribution in [0, 0.1) is 11.8 Å². The number of halogens is 3. The number of methoxy groups -OCH3 is 1. The molecule has 122 valence electrons. The number of rotatable bonds is 7. The Bertz CT molecular complexity index is 355. The molecule has 0 bridgehead atoms. The van der Waals surface area contributed by atoms with Crippen molar-refractivity contribution in [3.8, 4) is 0 Å². The van der Waals surface area contributed by atoms with Crippen molar-refractivity contribution < 1.29 is 22.7 Å². The minimum absolute atomic E-state index is 0.112. The summed E-state index contributed by atoms with van der Waals surface area (Å²) in [5.74, 6) is -0.344. The van der Waals surface area contributed by atoms with E-state index in [1.807, 2.05) is 0 Å². The fourth-order valence-electron chi connectivity index (χ4n) is 2.96. The first-order chi connectivity index (χ1) is 9.85. The zero-order chi connectivity index (χ0) is 15.9. The number of carbonyl (C=O) groups is 1. The monoisotopic (exact) mass is 306 g/mol. The van der Waals surface area contributed by atoms with Gasteiger partial charge in [-0.3, -0.25) is 4.79 Å². The van der Waals surface area contributed by atoms with E-state index < -0.39 is 18.5 Å². The highest BCUT2D eigenvalue weighted by Crippen LogP contribution is 2.32. The van der Waals surface area contributed by atoms with Crippen molar-refractivity contribution in [2.45, 2.75) is 64.5 Å². The van der Waals surface area contributed by atoms with Gasteiger partial charge >= 0.3 is 6.18 Å². The zero-order valence-electron chi connectivity index (χ0n) is 12.8. The summed E-state index contributed by atoms with van der Waals surface area (Å²) >= 11 is 0. The Morgan fingerprint density at radius 2 is 1.90 bits per heavy atom. The van der Waals surface area contributed by atoms with Crippen LogP contribution < -0.4 is 0 Å². The number of hydrogen-bond donors (Lipinski definition) is 0. The van der Waals surface area contributed by atoms with E-state index in [1.54, 1.807) is 6.92 Å². The van der Waals surface area contributed by atoms with Crippen molar-refractivity contribution >= 4 is 5.78 Å². The molecule has 0 aromatic heterocycles. The molecule has 21 heavy (non-hydrogen) atoms. The molecule has 2 nitrogen and oxygen atoms in total. The summed E-state index contributed by atoms with van der Waals surface area (Å²) in [7, 11) is 1.33. The predicted molar refractivity (Wildman–Crippen MR) is 75.7 cm³/mol. The third kappa shape index (κ3) is 7.00. The van der Waals surface area contributed by atoms with Crippen LogP contribution in [-0.4, -0.2) is 19.1 Å². The number of ether oxygens (including phenoxy) is 1. The van der Waals surface area contributed by atoms with Crippen LogP contribution in [0.5, 0.6) is 0 Å². The molecule has 5 heteroatoms. The second-order valence-electron chi connectivity index (χ2n) is 5.85. The van der Waals surface area contributed by atoms with E-state index in [2.05, 4.69) is 0 Å². The van der Waals surface area contributed by atoms with Crippen LogP contribution in [0.4, 0.5) is 13.2 Å². The summed E-state index contributed by atoms with van der Waals surface area (Å²) in [6, 6.07) is 0. The van der Waals surface area contributed by atoms with Gasteiger partial charge in [-0.25, -0.2) is 0 Å². The molecule has 0 N–H and O–H groups in total. The molecule has 0 saturated heterocycles. The molecule has 0 radical (unpaired) electrons. The highest BCUT2D eigenvalue weighted by Gasteiger charge is 2.33. The van der Waals surface area contributed by atoms with E-state index in [-0.39, 0.29) is 11.5 Å². The molecule has 1 rings (SSSR count). The summed E-state index contributed by atoms with van der Waals surface area (Å²) in [5, 5.41) is 0. The van der Waals surface area contributed by atoms with Crippen molar-refractivity contribution in [1.29, 1.82) is 0 Å². The van der Waals surface area contributed by atoms with Crippen molar-refractivity contribution in [1.82, 2.24) is 0 Å². The van der Waals surface area contributed by atoms with Gasteiger partial charge in [0.15, 0.2) is 5.78 Å². The lowest BCUT2D eigenvalue weighted by atomic mass is 9.85. The molecule has 1 atom stereocenters. The highest BCUT2D eigenvalue weighted by molar-refractivity contribution is 5.90. The van der Waals surface area contributed by atoms with Crippen molar-refractivity contribution in [2.75, 3.05) is 7.11 Å². The minimum atomic E-state index is -4.25. The summed E-state index contributed by atoms with van der Waals surface area (Å²) in [4.78, 5) is 12.0. The topological polar surface area (TPSA) is 26.3 Å². The quantitative estimate of drug-likeness (QED) is 0.487. The van der Waals surface area contributed by atoms with Crippen molar-refractivity contribution in [2.24, 2.45) is 11.8 Å². The molecular weight excluding hydrogens is 281 g/mol. The SMILES string of the molecule is CCC(CC(F)(F)F)/C(=C/C(=O)CC1CCCCC1)OC. The largest absolute Gasteiger partial charge is 0.501 e. The normalized spacial score (nSPS) is 19.4. The molecule has 0 amide bonds. The third-order valence-corrected chi connectivity index (χ3v) is 4.13. The molecule has 1 fully saturated rings. The maximum atomic E-state index is 12.5. The second-order valence-corrected chi connectivity index (χ2v) is 5.85. The van der Waals surface area contributed by atoms with Gasteiger partial charge < -0.3 is 4.74 Å². The Hall–Kier alpha value is -1.00. The fourth-order valence-corrected chi connectivity index (χ4v) is 2.96. The van der Waals surface area contributed by atoms with Crippen LogP contribution in [-0.2, 0) is 9.53 Å². The van der Waals surface area contributed by atoms with E-state index in [4.69, 9.17) is 4.74 Å². The molecule has 1 aliphatic carbocycles. The second kappa shape index (κ2) is 8.44. The number of alkyl halides is 3. The van der Waals surface area contributed by atoms with Gasteiger partial charge in [0.1, 0.15) is 5.76 Å². The van der Waals surface area contributed by atoms with E-state index in [0.717, 1.165) is 25.7 Å².